The first-order valence-electron chi connectivity index (χ1n) is 7.38. The maximum Gasteiger partial charge on any atom is 0.0121 e. The zero-order valence-electron chi connectivity index (χ0n) is 11.4. The normalized spacial score (nSPS) is 38.8. The molecule has 0 radical (unpaired) electrons. The lowest BCUT2D eigenvalue weighted by Crippen LogP contribution is -2.45. The Hall–Kier alpha value is -0.0400. The molecule has 2 fully saturated rings. The molecule has 2 saturated carbocycles. The molecule has 1 heteroatoms. The van der Waals surface area contributed by atoms with Gasteiger partial charge in [-0.05, 0) is 37.0 Å². The van der Waals surface area contributed by atoms with E-state index in [1.807, 2.05) is 0 Å². The topological polar surface area (TPSA) is 12.0 Å². The molecule has 0 aromatic rings. The van der Waals surface area contributed by atoms with Crippen molar-refractivity contribution in [2.24, 2.45) is 11.3 Å². The standard InChI is InChI=1S/C15H29N/c1-4-12-7-5-8-13(11-12)16-14-9-6-10-15(14,2)3/h12-14,16H,4-11H2,1-3H3. The Morgan fingerprint density at radius 1 is 1.12 bits per heavy atom. The van der Waals surface area contributed by atoms with Gasteiger partial charge in [-0.1, -0.05) is 46.5 Å². The molecule has 0 aromatic carbocycles. The van der Waals surface area contributed by atoms with E-state index in [9.17, 15) is 0 Å². The first kappa shape index (κ1) is 12.4. The summed E-state index contributed by atoms with van der Waals surface area (Å²) in [6.45, 7) is 7.24. The second-order valence-electron chi connectivity index (χ2n) is 6.74. The van der Waals surface area contributed by atoms with Gasteiger partial charge in [0.1, 0.15) is 0 Å². The summed E-state index contributed by atoms with van der Waals surface area (Å²) in [7, 11) is 0. The van der Waals surface area contributed by atoms with E-state index >= 15 is 0 Å². The van der Waals surface area contributed by atoms with Gasteiger partial charge in [-0.25, -0.2) is 0 Å². The summed E-state index contributed by atoms with van der Waals surface area (Å²) in [6.07, 6.45) is 11.4. The van der Waals surface area contributed by atoms with Crippen molar-refractivity contribution in [2.75, 3.05) is 0 Å². The lowest BCUT2D eigenvalue weighted by atomic mass is 9.82. The largest absolute Gasteiger partial charge is 0.311 e. The summed E-state index contributed by atoms with van der Waals surface area (Å²) < 4.78 is 0. The molecule has 2 aliphatic rings. The lowest BCUT2D eigenvalue weighted by Gasteiger charge is -2.36. The SMILES string of the molecule is CCC1CCCC(NC2CCCC2(C)C)C1. The summed E-state index contributed by atoms with van der Waals surface area (Å²) in [5, 5.41) is 3.97. The van der Waals surface area contributed by atoms with Crippen molar-refractivity contribution < 1.29 is 0 Å². The predicted octanol–water partition coefficient (Wildman–Crippen LogP) is 4.12. The third kappa shape index (κ3) is 2.80. The summed E-state index contributed by atoms with van der Waals surface area (Å²) in [5.74, 6) is 0.996. The van der Waals surface area contributed by atoms with E-state index in [2.05, 4.69) is 26.1 Å². The monoisotopic (exact) mass is 223 g/mol. The van der Waals surface area contributed by atoms with E-state index in [0.717, 1.165) is 18.0 Å². The van der Waals surface area contributed by atoms with E-state index in [0.29, 0.717) is 5.41 Å². The molecule has 0 heterocycles. The van der Waals surface area contributed by atoms with Crippen molar-refractivity contribution in [1.29, 1.82) is 0 Å². The molecule has 2 aliphatic carbocycles. The molecule has 0 aliphatic heterocycles. The molecule has 2 rings (SSSR count). The zero-order chi connectivity index (χ0) is 11.6. The van der Waals surface area contributed by atoms with Crippen LogP contribution in [0.4, 0.5) is 0 Å². The fourth-order valence-corrected chi connectivity index (χ4v) is 3.73. The minimum Gasteiger partial charge on any atom is -0.311 e. The molecule has 0 saturated heterocycles. The van der Waals surface area contributed by atoms with Crippen LogP contribution >= 0.6 is 0 Å². The second-order valence-corrected chi connectivity index (χ2v) is 6.74. The van der Waals surface area contributed by atoms with Crippen LogP contribution in [0.15, 0.2) is 0 Å². The van der Waals surface area contributed by atoms with Crippen LogP contribution in [0.1, 0.15) is 72.1 Å². The Morgan fingerprint density at radius 3 is 2.56 bits per heavy atom. The van der Waals surface area contributed by atoms with Crippen LogP contribution in [-0.4, -0.2) is 12.1 Å². The van der Waals surface area contributed by atoms with Crippen LogP contribution in [-0.2, 0) is 0 Å². The molecule has 0 bridgehead atoms. The highest BCUT2D eigenvalue weighted by atomic mass is 15.0. The van der Waals surface area contributed by atoms with Gasteiger partial charge in [0.15, 0.2) is 0 Å². The van der Waals surface area contributed by atoms with Crippen LogP contribution in [0.2, 0.25) is 0 Å². The van der Waals surface area contributed by atoms with E-state index in [4.69, 9.17) is 0 Å². The molecule has 16 heavy (non-hydrogen) atoms. The van der Waals surface area contributed by atoms with Gasteiger partial charge in [-0.15, -0.1) is 0 Å². The van der Waals surface area contributed by atoms with E-state index in [-0.39, 0.29) is 0 Å². The molecule has 94 valence electrons. The smallest absolute Gasteiger partial charge is 0.0121 e. The van der Waals surface area contributed by atoms with Gasteiger partial charge < -0.3 is 5.32 Å². The molecule has 0 aromatic heterocycles. The lowest BCUT2D eigenvalue weighted by molar-refractivity contribution is 0.210. The first-order valence-corrected chi connectivity index (χ1v) is 7.38. The van der Waals surface area contributed by atoms with Crippen LogP contribution in [0, 0.1) is 11.3 Å². The van der Waals surface area contributed by atoms with Crippen LogP contribution in [0.25, 0.3) is 0 Å². The maximum absolute atomic E-state index is 3.97. The van der Waals surface area contributed by atoms with Crippen molar-refractivity contribution in [3.05, 3.63) is 0 Å². The Balaban J connectivity index is 1.84. The van der Waals surface area contributed by atoms with Crippen LogP contribution in [0.5, 0.6) is 0 Å². The molecule has 1 nitrogen and oxygen atoms in total. The van der Waals surface area contributed by atoms with Gasteiger partial charge in [0.2, 0.25) is 0 Å². The summed E-state index contributed by atoms with van der Waals surface area (Å²) in [6, 6.07) is 1.61. The van der Waals surface area contributed by atoms with Gasteiger partial charge in [0.25, 0.3) is 0 Å². The van der Waals surface area contributed by atoms with Gasteiger partial charge in [-0.2, -0.15) is 0 Å². The van der Waals surface area contributed by atoms with Gasteiger partial charge in [0.05, 0.1) is 0 Å². The summed E-state index contributed by atoms with van der Waals surface area (Å²) in [5.41, 5.74) is 0.541. The number of rotatable bonds is 3. The Morgan fingerprint density at radius 2 is 1.94 bits per heavy atom. The van der Waals surface area contributed by atoms with E-state index < -0.39 is 0 Å². The fraction of sp³-hybridized carbons (Fsp3) is 1.00. The molecule has 3 unspecified atom stereocenters. The molecule has 3 atom stereocenters. The average Bonchev–Trinajstić information content (AvgIpc) is 2.59. The highest BCUT2D eigenvalue weighted by Crippen LogP contribution is 2.38. The molecule has 0 spiro atoms. The van der Waals surface area contributed by atoms with E-state index in [1.54, 1.807) is 0 Å². The molecular weight excluding hydrogens is 194 g/mol. The number of hydrogen-bond donors (Lipinski definition) is 1. The van der Waals surface area contributed by atoms with Crippen molar-refractivity contribution in [3.8, 4) is 0 Å². The second kappa shape index (κ2) is 5.08. The van der Waals surface area contributed by atoms with Crippen molar-refractivity contribution >= 4 is 0 Å². The Kier molecular flexibility index (Phi) is 3.94. The van der Waals surface area contributed by atoms with Crippen LogP contribution < -0.4 is 5.32 Å². The number of hydrogen-bond acceptors (Lipinski definition) is 1. The van der Waals surface area contributed by atoms with Crippen molar-refractivity contribution in [3.63, 3.8) is 0 Å². The minimum absolute atomic E-state index is 0.541. The quantitative estimate of drug-likeness (QED) is 0.759. The Labute approximate surface area is 101 Å². The molecular formula is C15H29N. The highest BCUT2D eigenvalue weighted by molar-refractivity contribution is 4.93. The fourth-order valence-electron chi connectivity index (χ4n) is 3.73. The van der Waals surface area contributed by atoms with Gasteiger partial charge in [-0.3, -0.25) is 0 Å². The predicted molar refractivity (Wildman–Crippen MR) is 70.6 cm³/mol. The highest BCUT2D eigenvalue weighted by Gasteiger charge is 2.36. The van der Waals surface area contributed by atoms with Crippen molar-refractivity contribution in [1.82, 2.24) is 5.32 Å². The summed E-state index contributed by atoms with van der Waals surface area (Å²) >= 11 is 0. The minimum atomic E-state index is 0.541. The van der Waals surface area contributed by atoms with Gasteiger partial charge in [0, 0.05) is 12.1 Å². The van der Waals surface area contributed by atoms with Crippen LogP contribution in [0.3, 0.4) is 0 Å². The average molecular weight is 223 g/mol. The third-order valence-corrected chi connectivity index (χ3v) is 5.05. The first-order chi connectivity index (χ1) is 7.62. The van der Waals surface area contributed by atoms with E-state index in [1.165, 1.54) is 51.4 Å². The third-order valence-electron chi connectivity index (χ3n) is 5.05. The Bertz CT molecular complexity index is 221. The molecule has 0 amide bonds. The molecule has 1 N–H and O–H groups in total. The number of nitrogens with one attached hydrogen (secondary N) is 1. The maximum atomic E-state index is 3.97. The van der Waals surface area contributed by atoms with Crippen molar-refractivity contribution in [2.45, 2.75) is 84.2 Å². The zero-order valence-corrected chi connectivity index (χ0v) is 11.4. The summed E-state index contributed by atoms with van der Waals surface area (Å²) in [4.78, 5) is 0. The van der Waals surface area contributed by atoms with Gasteiger partial charge >= 0.3 is 0 Å².